The van der Waals surface area contributed by atoms with Crippen LogP contribution in [-0.4, -0.2) is 28.6 Å². The summed E-state index contributed by atoms with van der Waals surface area (Å²) < 4.78 is 0. The van der Waals surface area contributed by atoms with Gasteiger partial charge in [0.1, 0.15) is 10.7 Å². The van der Waals surface area contributed by atoms with Gasteiger partial charge in [0.25, 0.3) is 5.91 Å². The molecule has 0 aliphatic heterocycles. The van der Waals surface area contributed by atoms with Crippen molar-refractivity contribution in [2.45, 2.75) is 32.2 Å². The van der Waals surface area contributed by atoms with E-state index in [-0.39, 0.29) is 24.0 Å². The summed E-state index contributed by atoms with van der Waals surface area (Å²) in [6.07, 6.45) is 2.91. The van der Waals surface area contributed by atoms with Gasteiger partial charge in [0.15, 0.2) is 0 Å². The van der Waals surface area contributed by atoms with Crippen molar-refractivity contribution in [3.05, 3.63) is 27.9 Å². The Morgan fingerprint density at radius 2 is 2.43 bits per heavy atom. The van der Waals surface area contributed by atoms with Crippen LogP contribution in [0.4, 0.5) is 0 Å². The van der Waals surface area contributed by atoms with E-state index in [1.807, 2.05) is 23.8 Å². The van der Waals surface area contributed by atoms with Crippen molar-refractivity contribution in [2.75, 3.05) is 6.61 Å². The molecule has 1 aliphatic rings. The topological polar surface area (TPSA) is 62.2 Å². The summed E-state index contributed by atoms with van der Waals surface area (Å²) in [5, 5.41) is 19.3. The fourth-order valence-electron chi connectivity index (χ4n) is 2.80. The summed E-state index contributed by atoms with van der Waals surface area (Å²) in [5.41, 5.74) is 1.32. The number of hydrogen-bond donors (Lipinski definition) is 2. The highest BCUT2D eigenvalue weighted by Crippen LogP contribution is 2.37. The van der Waals surface area contributed by atoms with E-state index in [2.05, 4.69) is 10.3 Å². The van der Waals surface area contributed by atoms with Crippen LogP contribution in [-0.2, 0) is 0 Å². The molecule has 0 aromatic carbocycles. The lowest BCUT2D eigenvalue weighted by atomic mass is 9.86. The molecular formula is C15H18N2O2S2. The molecule has 112 valence electrons. The molecule has 1 fully saturated rings. The molecule has 0 bridgehead atoms. The van der Waals surface area contributed by atoms with Gasteiger partial charge >= 0.3 is 0 Å². The number of carbonyl (C=O) groups is 1. The van der Waals surface area contributed by atoms with Crippen LogP contribution in [0.15, 0.2) is 22.2 Å². The second kappa shape index (κ2) is 5.87. The van der Waals surface area contributed by atoms with E-state index in [0.29, 0.717) is 5.69 Å². The summed E-state index contributed by atoms with van der Waals surface area (Å²) in [5.74, 6) is -0.140. The maximum absolute atomic E-state index is 12.3. The van der Waals surface area contributed by atoms with Gasteiger partial charge in [-0.05, 0) is 24.3 Å². The third kappa shape index (κ3) is 2.88. The molecule has 2 N–H and O–H groups in total. The van der Waals surface area contributed by atoms with Gasteiger partial charge in [-0.3, -0.25) is 4.79 Å². The van der Waals surface area contributed by atoms with Crippen molar-refractivity contribution in [1.82, 2.24) is 10.3 Å². The minimum atomic E-state index is -0.206. The summed E-state index contributed by atoms with van der Waals surface area (Å²) in [6.45, 7) is 2.14. The Hall–Kier alpha value is -1.24. The summed E-state index contributed by atoms with van der Waals surface area (Å²) in [7, 11) is 0. The largest absolute Gasteiger partial charge is 0.396 e. The molecule has 2 atom stereocenters. The number of nitrogens with zero attached hydrogens (tertiary/aromatic N) is 1. The summed E-state index contributed by atoms with van der Waals surface area (Å²) >= 11 is 3.10. The molecule has 4 nitrogen and oxygen atoms in total. The van der Waals surface area contributed by atoms with E-state index in [1.54, 1.807) is 16.7 Å². The zero-order valence-electron chi connectivity index (χ0n) is 11.8. The highest BCUT2D eigenvalue weighted by molar-refractivity contribution is 7.14. The molecule has 1 amide bonds. The molecule has 0 radical (unpaired) electrons. The number of rotatable bonds is 4. The monoisotopic (exact) mass is 322 g/mol. The molecule has 21 heavy (non-hydrogen) atoms. The second-order valence-electron chi connectivity index (χ2n) is 5.78. The second-order valence-corrected chi connectivity index (χ2v) is 7.42. The first-order valence-electron chi connectivity index (χ1n) is 7.02. The van der Waals surface area contributed by atoms with Gasteiger partial charge in [0.2, 0.25) is 0 Å². The number of aliphatic hydroxyl groups is 1. The quantitative estimate of drug-likeness (QED) is 0.909. The third-order valence-corrected chi connectivity index (χ3v) is 5.83. The van der Waals surface area contributed by atoms with Gasteiger partial charge in [-0.25, -0.2) is 4.98 Å². The zero-order chi connectivity index (χ0) is 14.9. The van der Waals surface area contributed by atoms with Gasteiger partial charge in [0.05, 0.1) is 6.61 Å². The van der Waals surface area contributed by atoms with Crippen LogP contribution in [0, 0.1) is 5.41 Å². The van der Waals surface area contributed by atoms with E-state index in [4.69, 9.17) is 0 Å². The van der Waals surface area contributed by atoms with Crippen LogP contribution >= 0.6 is 22.7 Å². The zero-order valence-corrected chi connectivity index (χ0v) is 13.5. The van der Waals surface area contributed by atoms with Crippen molar-refractivity contribution in [3.63, 3.8) is 0 Å². The first kappa shape index (κ1) is 14.7. The molecule has 6 heteroatoms. The number of aliphatic hydroxyl groups excluding tert-OH is 1. The molecule has 2 aromatic rings. The van der Waals surface area contributed by atoms with Crippen molar-refractivity contribution in [3.8, 4) is 10.6 Å². The van der Waals surface area contributed by atoms with Crippen LogP contribution in [0.5, 0.6) is 0 Å². The lowest BCUT2D eigenvalue weighted by molar-refractivity contribution is 0.0826. The maximum atomic E-state index is 12.3. The summed E-state index contributed by atoms with van der Waals surface area (Å²) in [4.78, 5) is 16.8. The minimum Gasteiger partial charge on any atom is -0.396 e. The fourth-order valence-corrected chi connectivity index (χ4v) is 4.31. The molecular weight excluding hydrogens is 304 g/mol. The predicted octanol–water partition coefficient (Wildman–Crippen LogP) is 3.15. The fraction of sp³-hybridized carbons (Fsp3) is 0.467. The van der Waals surface area contributed by atoms with Crippen molar-refractivity contribution in [2.24, 2.45) is 5.41 Å². The number of carbonyl (C=O) groups excluding carboxylic acids is 1. The lowest BCUT2D eigenvalue weighted by Gasteiger charge is -2.29. The van der Waals surface area contributed by atoms with Gasteiger partial charge in [-0.2, -0.15) is 11.3 Å². The standard InChI is InChI=1S/C15H18N2O2S2/c1-15(9-18)5-2-3-12(15)17-13(19)11-8-21-14(16-11)10-4-6-20-7-10/h4,6-8,12,18H,2-3,5,9H2,1H3,(H,17,19). The van der Waals surface area contributed by atoms with E-state index >= 15 is 0 Å². The van der Waals surface area contributed by atoms with Crippen molar-refractivity contribution in [1.29, 1.82) is 0 Å². The molecule has 0 spiro atoms. The average molecular weight is 322 g/mol. The van der Waals surface area contributed by atoms with E-state index in [1.165, 1.54) is 11.3 Å². The van der Waals surface area contributed by atoms with Crippen LogP contribution < -0.4 is 5.32 Å². The van der Waals surface area contributed by atoms with Crippen LogP contribution in [0.1, 0.15) is 36.7 Å². The molecule has 0 saturated heterocycles. The van der Waals surface area contributed by atoms with Gasteiger partial charge < -0.3 is 10.4 Å². The number of nitrogens with one attached hydrogen (secondary N) is 1. The molecule has 1 saturated carbocycles. The van der Waals surface area contributed by atoms with Crippen LogP contribution in [0.2, 0.25) is 0 Å². The van der Waals surface area contributed by atoms with Crippen LogP contribution in [0.25, 0.3) is 10.6 Å². The lowest BCUT2D eigenvalue weighted by Crippen LogP contribution is -2.44. The highest BCUT2D eigenvalue weighted by atomic mass is 32.1. The molecule has 3 rings (SSSR count). The predicted molar refractivity (Wildman–Crippen MR) is 85.7 cm³/mol. The van der Waals surface area contributed by atoms with Gasteiger partial charge in [0, 0.05) is 27.8 Å². The van der Waals surface area contributed by atoms with E-state index < -0.39 is 0 Å². The molecule has 2 unspecified atom stereocenters. The van der Waals surface area contributed by atoms with Gasteiger partial charge in [-0.15, -0.1) is 11.3 Å². The Kier molecular flexibility index (Phi) is 4.10. The summed E-state index contributed by atoms with van der Waals surface area (Å²) in [6, 6.07) is 2.03. The number of amides is 1. The Morgan fingerprint density at radius 3 is 3.14 bits per heavy atom. The van der Waals surface area contributed by atoms with E-state index in [9.17, 15) is 9.90 Å². The first-order valence-corrected chi connectivity index (χ1v) is 8.84. The Labute approximate surface area is 131 Å². The van der Waals surface area contributed by atoms with Crippen LogP contribution in [0.3, 0.4) is 0 Å². The van der Waals surface area contributed by atoms with E-state index in [0.717, 1.165) is 29.8 Å². The Bertz CT molecular complexity index is 623. The number of thiophene rings is 1. The smallest absolute Gasteiger partial charge is 0.271 e. The third-order valence-electron chi connectivity index (χ3n) is 4.25. The highest BCUT2D eigenvalue weighted by Gasteiger charge is 2.39. The van der Waals surface area contributed by atoms with Crippen molar-refractivity contribution >= 4 is 28.6 Å². The number of hydrogen-bond acceptors (Lipinski definition) is 5. The average Bonchev–Trinajstić information content (AvgIpc) is 3.19. The SMILES string of the molecule is CC1(CO)CCCC1NC(=O)c1csc(-c2ccsc2)n1. The first-order chi connectivity index (χ1) is 10.1. The van der Waals surface area contributed by atoms with Gasteiger partial charge in [-0.1, -0.05) is 13.3 Å². The maximum Gasteiger partial charge on any atom is 0.271 e. The molecule has 2 aromatic heterocycles. The molecule has 2 heterocycles. The minimum absolute atomic E-state index is 0.0290. The Balaban J connectivity index is 1.71. The number of aromatic nitrogens is 1. The normalized spacial score (nSPS) is 25.1. The number of thiazole rings is 1. The molecule has 1 aliphatic carbocycles. The van der Waals surface area contributed by atoms with Crippen molar-refractivity contribution < 1.29 is 9.90 Å². The Morgan fingerprint density at radius 1 is 1.57 bits per heavy atom.